The normalized spacial score (nSPS) is 23.8. The van der Waals surface area contributed by atoms with E-state index >= 15 is 0 Å². The van der Waals surface area contributed by atoms with Crippen LogP contribution in [0.1, 0.15) is 62.1 Å². The number of hydrogen-bond donors (Lipinski definition) is 2. The zero-order valence-corrected chi connectivity index (χ0v) is 19.1. The Morgan fingerprint density at radius 2 is 1.97 bits per heavy atom. The predicted molar refractivity (Wildman–Crippen MR) is 126 cm³/mol. The van der Waals surface area contributed by atoms with Crippen LogP contribution in [0.2, 0.25) is 0 Å². The molecule has 0 unspecified atom stereocenters. The third-order valence-corrected chi connectivity index (χ3v) is 7.78. The Bertz CT molecular complexity index is 1390. The van der Waals surface area contributed by atoms with Crippen LogP contribution in [0.25, 0.3) is 27.8 Å². The van der Waals surface area contributed by atoms with Crippen molar-refractivity contribution in [3.8, 4) is 5.69 Å². The molecule has 1 aliphatic heterocycles. The van der Waals surface area contributed by atoms with Gasteiger partial charge in [-0.25, -0.2) is 9.37 Å². The number of aliphatic carboxylic acids is 1. The van der Waals surface area contributed by atoms with E-state index in [2.05, 4.69) is 20.8 Å². The maximum atomic E-state index is 13.8. The van der Waals surface area contributed by atoms with Gasteiger partial charge in [-0.3, -0.25) is 9.89 Å². The number of carboxylic acids is 1. The fourth-order valence-corrected chi connectivity index (χ4v) is 5.93. The molecule has 1 saturated heterocycles. The molecule has 176 valence electrons. The van der Waals surface area contributed by atoms with Crippen molar-refractivity contribution in [3.63, 3.8) is 0 Å². The highest BCUT2D eigenvalue weighted by Crippen LogP contribution is 2.51. The second-order valence-electron chi connectivity index (χ2n) is 9.97. The molecule has 6 rings (SSSR count). The summed E-state index contributed by atoms with van der Waals surface area (Å²) >= 11 is 0. The molecule has 0 spiro atoms. The second-order valence-corrected chi connectivity index (χ2v) is 9.97. The minimum atomic E-state index is -0.750. The number of halogens is 1. The Balaban J connectivity index is 1.65. The van der Waals surface area contributed by atoms with Gasteiger partial charge in [0.1, 0.15) is 5.82 Å². The van der Waals surface area contributed by atoms with Gasteiger partial charge in [-0.2, -0.15) is 5.10 Å². The van der Waals surface area contributed by atoms with E-state index in [4.69, 9.17) is 9.72 Å². The molecule has 0 amide bonds. The Morgan fingerprint density at radius 3 is 2.68 bits per heavy atom. The predicted octanol–water partition coefficient (Wildman–Crippen LogP) is 5.29. The first kappa shape index (κ1) is 21.3. The fraction of sp³-hybridized carbons (Fsp3) is 0.423. The van der Waals surface area contributed by atoms with E-state index in [9.17, 15) is 14.3 Å². The molecule has 1 aliphatic carbocycles. The van der Waals surface area contributed by atoms with Gasteiger partial charge in [0.05, 0.1) is 22.6 Å². The van der Waals surface area contributed by atoms with Crippen LogP contribution in [0.5, 0.6) is 0 Å². The summed E-state index contributed by atoms with van der Waals surface area (Å²) in [7, 11) is 0. The molecule has 2 atom stereocenters. The maximum absolute atomic E-state index is 13.8. The number of rotatable bonds is 4. The van der Waals surface area contributed by atoms with E-state index in [0.29, 0.717) is 31.7 Å². The number of pyridine rings is 1. The molecular formula is C26H27FN4O3. The number of aromatic nitrogens is 4. The third kappa shape index (κ3) is 3.31. The minimum Gasteiger partial charge on any atom is -0.481 e. The molecule has 3 aromatic heterocycles. The van der Waals surface area contributed by atoms with Gasteiger partial charge in [-0.1, -0.05) is 0 Å². The highest BCUT2D eigenvalue weighted by molar-refractivity contribution is 5.94. The van der Waals surface area contributed by atoms with E-state index < -0.39 is 11.4 Å². The lowest BCUT2D eigenvalue weighted by atomic mass is 9.84. The van der Waals surface area contributed by atoms with Crippen molar-refractivity contribution in [1.82, 2.24) is 19.7 Å². The van der Waals surface area contributed by atoms with Gasteiger partial charge in [0.15, 0.2) is 5.65 Å². The number of aromatic amines is 1. The van der Waals surface area contributed by atoms with Gasteiger partial charge >= 0.3 is 5.97 Å². The molecule has 34 heavy (non-hydrogen) atoms. The molecule has 7 nitrogen and oxygen atoms in total. The smallest absolute Gasteiger partial charge is 0.309 e. The number of ether oxygens (including phenoxy) is 1. The number of nitrogens with zero attached hydrogens (tertiary/aromatic N) is 3. The van der Waals surface area contributed by atoms with Gasteiger partial charge in [0, 0.05) is 41.5 Å². The van der Waals surface area contributed by atoms with Crippen LogP contribution < -0.4 is 0 Å². The SMILES string of the molecule is C[C@@]1(C(=O)O)CC[C@@H](c2c(C3CCOCC3)n(-c3ccc(F)cc3)c3cc4cn[nH]c4nc23)C1. The van der Waals surface area contributed by atoms with E-state index in [1.165, 1.54) is 12.1 Å². The van der Waals surface area contributed by atoms with Crippen LogP contribution in [-0.4, -0.2) is 44.0 Å². The zero-order chi connectivity index (χ0) is 23.4. The number of hydrogen-bond acceptors (Lipinski definition) is 4. The van der Waals surface area contributed by atoms with E-state index in [-0.39, 0.29) is 17.7 Å². The van der Waals surface area contributed by atoms with Crippen LogP contribution in [0.4, 0.5) is 4.39 Å². The molecule has 2 aliphatic rings. The maximum Gasteiger partial charge on any atom is 0.309 e. The van der Waals surface area contributed by atoms with Crippen molar-refractivity contribution in [2.75, 3.05) is 13.2 Å². The van der Waals surface area contributed by atoms with Gasteiger partial charge < -0.3 is 14.4 Å². The third-order valence-electron chi connectivity index (χ3n) is 7.78. The average molecular weight is 463 g/mol. The molecule has 1 aromatic carbocycles. The molecular weight excluding hydrogens is 435 g/mol. The highest BCUT2D eigenvalue weighted by atomic mass is 19.1. The molecule has 0 radical (unpaired) electrons. The average Bonchev–Trinajstić information content (AvgIpc) is 3.54. The van der Waals surface area contributed by atoms with E-state index in [1.807, 2.05) is 6.92 Å². The number of carbonyl (C=O) groups is 1. The van der Waals surface area contributed by atoms with Crippen LogP contribution in [-0.2, 0) is 9.53 Å². The Hall–Kier alpha value is -3.26. The molecule has 4 heterocycles. The number of benzene rings is 1. The van der Waals surface area contributed by atoms with Gasteiger partial charge in [-0.05, 0) is 75.3 Å². The fourth-order valence-electron chi connectivity index (χ4n) is 5.93. The van der Waals surface area contributed by atoms with Crippen LogP contribution >= 0.6 is 0 Å². The molecule has 2 N–H and O–H groups in total. The lowest BCUT2D eigenvalue weighted by Gasteiger charge is -2.27. The summed E-state index contributed by atoms with van der Waals surface area (Å²) in [5, 5.41) is 18.0. The standard InChI is InChI=1S/C26H27FN4O3/c1-26(25(32)33)9-6-16(13-26)21-22-20(12-17-14-28-30-24(17)29-22)31(19-4-2-18(27)3-5-19)23(21)15-7-10-34-11-8-15/h2-5,12,14-16H,6-11,13H2,1H3,(H,32,33)(H,28,29,30)/t16-,26-/m1/s1. The number of carboxylic acid groups (broad SMARTS) is 1. The van der Waals surface area contributed by atoms with E-state index in [1.54, 1.807) is 18.3 Å². The number of H-pyrrole nitrogens is 1. The van der Waals surface area contributed by atoms with E-state index in [0.717, 1.165) is 52.6 Å². The summed E-state index contributed by atoms with van der Waals surface area (Å²) in [6, 6.07) is 8.65. The van der Waals surface area contributed by atoms with Crippen molar-refractivity contribution in [2.24, 2.45) is 5.41 Å². The first-order valence-electron chi connectivity index (χ1n) is 11.9. The van der Waals surface area contributed by atoms with Crippen LogP contribution in [0.15, 0.2) is 36.5 Å². The largest absolute Gasteiger partial charge is 0.481 e. The highest BCUT2D eigenvalue weighted by Gasteiger charge is 2.44. The summed E-state index contributed by atoms with van der Waals surface area (Å²) < 4.78 is 21.7. The summed E-state index contributed by atoms with van der Waals surface area (Å²) in [4.78, 5) is 17.1. The van der Waals surface area contributed by atoms with Crippen molar-refractivity contribution in [3.05, 3.63) is 53.6 Å². The Morgan fingerprint density at radius 1 is 1.21 bits per heavy atom. The lowest BCUT2D eigenvalue weighted by Crippen LogP contribution is -2.24. The number of nitrogens with one attached hydrogen (secondary N) is 1. The second kappa shape index (κ2) is 7.91. The summed E-state index contributed by atoms with van der Waals surface area (Å²) in [6.45, 7) is 3.22. The molecule has 0 bridgehead atoms. The molecule has 4 aromatic rings. The van der Waals surface area contributed by atoms with Crippen LogP contribution in [0, 0.1) is 11.2 Å². The quantitative estimate of drug-likeness (QED) is 0.430. The van der Waals surface area contributed by atoms with Crippen LogP contribution in [0.3, 0.4) is 0 Å². The Kier molecular flexibility index (Phi) is 4.95. The minimum absolute atomic E-state index is 0.0796. The Labute approximate surface area is 195 Å². The van der Waals surface area contributed by atoms with Gasteiger partial charge in [0.2, 0.25) is 0 Å². The van der Waals surface area contributed by atoms with Crippen molar-refractivity contribution >= 4 is 28.0 Å². The van der Waals surface area contributed by atoms with Crippen molar-refractivity contribution in [1.29, 1.82) is 0 Å². The zero-order valence-electron chi connectivity index (χ0n) is 19.1. The monoisotopic (exact) mass is 462 g/mol. The van der Waals surface area contributed by atoms with Crippen molar-refractivity contribution < 1.29 is 19.0 Å². The first-order chi connectivity index (χ1) is 16.4. The van der Waals surface area contributed by atoms with Gasteiger partial charge in [-0.15, -0.1) is 0 Å². The molecule has 8 heteroatoms. The summed E-state index contributed by atoms with van der Waals surface area (Å²) in [6.07, 6.45) is 5.53. The topological polar surface area (TPSA) is 93.0 Å². The number of fused-ring (bicyclic) bond motifs is 2. The van der Waals surface area contributed by atoms with Gasteiger partial charge in [0.25, 0.3) is 0 Å². The molecule has 2 fully saturated rings. The van der Waals surface area contributed by atoms with Crippen molar-refractivity contribution in [2.45, 2.75) is 50.9 Å². The first-order valence-corrected chi connectivity index (χ1v) is 11.9. The summed E-state index contributed by atoms with van der Waals surface area (Å²) in [5.74, 6) is -0.697. The summed E-state index contributed by atoms with van der Waals surface area (Å²) in [5.41, 5.74) is 4.96. The molecule has 1 saturated carbocycles. The lowest BCUT2D eigenvalue weighted by molar-refractivity contribution is -0.147.